The maximum Gasteiger partial charge on any atom is 0.338 e. The number of hydrogen-bond acceptors (Lipinski definition) is 7. The lowest BCUT2D eigenvalue weighted by Crippen LogP contribution is -2.39. The van der Waals surface area contributed by atoms with Crippen LogP contribution in [0.5, 0.6) is 11.5 Å². The van der Waals surface area contributed by atoms with Gasteiger partial charge in [-0.15, -0.1) is 0 Å². The summed E-state index contributed by atoms with van der Waals surface area (Å²) in [5.41, 5.74) is 2.27. The van der Waals surface area contributed by atoms with Gasteiger partial charge < -0.3 is 14.2 Å². The molecule has 42 heavy (non-hydrogen) atoms. The van der Waals surface area contributed by atoms with E-state index in [9.17, 15) is 14.0 Å². The zero-order valence-corrected chi connectivity index (χ0v) is 24.8. The summed E-state index contributed by atoms with van der Waals surface area (Å²) in [4.78, 5) is 31.9. The molecule has 1 atom stereocenters. The number of hydrogen-bond donors (Lipinski definition) is 0. The first-order chi connectivity index (χ1) is 20.3. The molecule has 2 heterocycles. The molecule has 0 saturated heterocycles. The summed E-state index contributed by atoms with van der Waals surface area (Å²) in [5.74, 6) is -0.110. The topological polar surface area (TPSA) is 79.1 Å². The number of aromatic nitrogens is 1. The maximum absolute atomic E-state index is 14.2. The van der Waals surface area contributed by atoms with Gasteiger partial charge in [-0.2, -0.15) is 0 Å². The minimum absolute atomic E-state index is 0.0782. The number of allylic oxidation sites excluding steroid dienone is 1. The standard InChI is InChI=1S/C32H28ClFN2O5S/c1-4-39-26-16-20(14-15-25(26)41-18-22-23(33)12-9-13-24(22)34)17-27-30(37)36-29(21-10-7-6-8-11-21)28(31(38)40-5-2)19(3)35-32(36)42-27/h6-17,29H,4-5,18H2,1-3H3. The molecular formula is C32H28ClFN2O5S. The Morgan fingerprint density at radius 2 is 1.83 bits per heavy atom. The zero-order chi connectivity index (χ0) is 29.8. The van der Waals surface area contributed by atoms with E-state index in [-0.39, 0.29) is 29.4 Å². The molecule has 1 aliphatic rings. The van der Waals surface area contributed by atoms with Gasteiger partial charge in [0.15, 0.2) is 16.3 Å². The molecule has 10 heteroatoms. The van der Waals surface area contributed by atoms with Crippen LogP contribution in [0.2, 0.25) is 5.02 Å². The third kappa shape index (κ3) is 5.89. The predicted molar refractivity (Wildman–Crippen MR) is 160 cm³/mol. The molecule has 3 aromatic carbocycles. The summed E-state index contributed by atoms with van der Waals surface area (Å²) in [5, 5.41) is 0.273. The van der Waals surface area contributed by atoms with Crippen molar-refractivity contribution >= 4 is 35.0 Å². The van der Waals surface area contributed by atoms with Crippen molar-refractivity contribution in [3.8, 4) is 11.5 Å². The minimum Gasteiger partial charge on any atom is -0.490 e. The first-order valence-electron chi connectivity index (χ1n) is 13.4. The lowest BCUT2D eigenvalue weighted by molar-refractivity contribution is -0.139. The number of ether oxygens (including phenoxy) is 3. The number of rotatable bonds is 9. The molecule has 1 unspecified atom stereocenters. The van der Waals surface area contributed by atoms with Crippen molar-refractivity contribution in [3.63, 3.8) is 0 Å². The molecule has 4 aromatic rings. The Hall–Kier alpha value is -4.21. The largest absolute Gasteiger partial charge is 0.490 e. The van der Waals surface area contributed by atoms with Crippen LogP contribution in [0.4, 0.5) is 4.39 Å². The number of carbonyl (C=O) groups excluding carboxylic acids is 1. The average molecular weight is 607 g/mol. The summed E-state index contributed by atoms with van der Waals surface area (Å²) in [7, 11) is 0. The average Bonchev–Trinajstić information content (AvgIpc) is 3.27. The molecule has 1 aliphatic heterocycles. The number of fused-ring (bicyclic) bond motifs is 1. The molecule has 0 fully saturated rings. The van der Waals surface area contributed by atoms with Gasteiger partial charge in [0.25, 0.3) is 5.56 Å². The zero-order valence-electron chi connectivity index (χ0n) is 23.2. The molecule has 0 saturated carbocycles. The number of halogens is 2. The van der Waals surface area contributed by atoms with E-state index in [1.807, 2.05) is 37.3 Å². The molecule has 0 bridgehead atoms. The second kappa shape index (κ2) is 12.8. The van der Waals surface area contributed by atoms with E-state index in [0.29, 0.717) is 44.3 Å². The normalized spacial score (nSPS) is 14.8. The van der Waals surface area contributed by atoms with E-state index in [2.05, 4.69) is 4.99 Å². The Morgan fingerprint density at radius 1 is 1.05 bits per heavy atom. The van der Waals surface area contributed by atoms with Crippen molar-refractivity contribution < 1.29 is 23.4 Å². The van der Waals surface area contributed by atoms with E-state index in [4.69, 9.17) is 25.8 Å². The smallest absolute Gasteiger partial charge is 0.338 e. The van der Waals surface area contributed by atoms with Gasteiger partial charge in [0.05, 0.1) is 40.1 Å². The Morgan fingerprint density at radius 3 is 2.55 bits per heavy atom. The molecule has 0 aliphatic carbocycles. The summed E-state index contributed by atoms with van der Waals surface area (Å²) in [6.45, 7) is 5.83. The van der Waals surface area contributed by atoms with Gasteiger partial charge in [0.1, 0.15) is 12.4 Å². The lowest BCUT2D eigenvalue weighted by atomic mass is 9.96. The molecule has 0 radical (unpaired) electrons. The molecule has 1 aromatic heterocycles. The van der Waals surface area contributed by atoms with Crippen molar-refractivity contribution in [2.45, 2.75) is 33.4 Å². The van der Waals surface area contributed by atoms with Crippen molar-refractivity contribution in [2.24, 2.45) is 4.99 Å². The van der Waals surface area contributed by atoms with Gasteiger partial charge in [0, 0.05) is 5.56 Å². The van der Waals surface area contributed by atoms with Crippen LogP contribution in [0.3, 0.4) is 0 Å². The Bertz CT molecular complexity index is 1830. The number of carbonyl (C=O) groups is 1. The van der Waals surface area contributed by atoms with Crippen LogP contribution in [-0.2, 0) is 16.1 Å². The highest BCUT2D eigenvalue weighted by molar-refractivity contribution is 7.07. The van der Waals surface area contributed by atoms with Gasteiger partial charge in [-0.3, -0.25) is 9.36 Å². The first-order valence-corrected chi connectivity index (χ1v) is 14.6. The molecule has 216 valence electrons. The highest BCUT2D eigenvalue weighted by atomic mass is 35.5. The van der Waals surface area contributed by atoms with Crippen molar-refractivity contribution in [1.82, 2.24) is 4.57 Å². The van der Waals surface area contributed by atoms with Crippen molar-refractivity contribution in [1.29, 1.82) is 0 Å². The van der Waals surface area contributed by atoms with Crippen molar-refractivity contribution in [2.75, 3.05) is 13.2 Å². The number of benzene rings is 3. The number of thiazole rings is 1. The maximum atomic E-state index is 14.2. The fourth-order valence-electron chi connectivity index (χ4n) is 4.72. The van der Waals surface area contributed by atoms with Gasteiger partial charge in [-0.25, -0.2) is 14.2 Å². The van der Waals surface area contributed by atoms with E-state index in [1.54, 1.807) is 48.8 Å². The van der Waals surface area contributed by atoms with Crippen LogP contribution in [-0.4, -0.2) is 23.8 Å². The van der Waals surface area contributed by atoms with Crippen LogP contribution in [0, 0.1) is 5.82 Å². The van der Waals surface area contributed by atoms with Crippen LogP contribution in [0.15, 0.2) is 87.8 Å². The Labute approximate surface area is 250 Å². The van der Waals surface area contributed by atoms with Gasteiger partial charge in [0.2, 0.25) is 0 Å². The summed E-state index contributed by atoms with van der Waals surface area (Å²) in [6.07, 6.45) is 1.75. The van der Waals surface area contributed by atoms with E-state index in [1.165, 1.54) is 23.5 Å². The van der Waals surface area contributed by atoms with Gasteiger partial charge in [-0.05, 0) is 62.2 Å². The molecule has 0 spiro atoms. The summed E-state index contributed by atoms with van der Waals surface area (Å²) in [6, 6.07) is 18.4. The molecule has 0 amide bonds. The van der Waals surface area contributed by atoms with Crippen LogP contribution in [0.1, 0.15) is 43.5 Å². The minimum atomic E-state index is -0.677. The third-order valence-electron chi connectivity index (χ3n) is 6.63. The monoisotopic (exact) mass is 606 g/mol. The van der Waals surface area contributed by atoms with Crippen LogP contribution >= 0.6 is 22.9 Å². The molecule has 7 nitrogen and oxygen atoms in total. The van der Waals surface area contributed by atoms with E-state index < -0.39 is 17.8 Å². The van der Waals surface area contributed by atoms with Crippen LogP contribution < -0.4 is 24.4 Å². The second-order valence-corrected chi connectivity index (χ2v) is 10.8. The fourth-order valence-corrected chi connectivity index (χ4v) is 5.98. The van der Waals surface area contributed by atoms with Crippen LogP contribution in [0.25, 0.3) is 6.08 Å². The molecule has 5 rings (SSSR count). The summed E-state index contributed by atoms with van der Waals surface area (Å²) >= 11 is 7.38. The van der Waals surface area contributed by atoms with Gasteiger partial charge in [-0.1, -0.05) is 65.4 Å². The number of esters is 1. The SMILES string of the molecule is CCOC(=O)C1=C(C)N=c2sc(=Cc3ccc(OCc4c(F)cccc4Cl)c(OCC)c3)c(=O)n2C1c1ccccc1. The predicted octanol–water partition coefficient (Wildman–Crippen LogP) is 5.57. The second-order valence-electron chi connectivity index (χ2n) is 9.34. The molecular weight excluding hydrogens is 579 g/mol. The third-order valence-corrected chi connectivity index (χ3v) is 7.97. The highest BCUT2D eigenvalue weighted by Crippen LogP contribution is 2.32. The van der Waals surface area contributed by atoms with Crippen molar-refractivity contribution in [3.05, 3.63) is 125 Å². The first kappa shape index (κ1) is 29.3. The Balaban J connectivity index is 1.55. The van der Waals surface area contributed by atoms with E-state index >= 15 is 0 Å². The number of nitrogens with zero attached hydrogens (tertiary/aromatic N) is 2. The van der Waals surface area contributed by atoms with Gasteiger partial charge >= 0.3 is 5.97 Å². The molecule has 0 N–H and O–H groups in total. The summed E-state index contributed by atoms with van der Waals surface area (Å²) < 4.78 is 33.2. The van der Waals surface area contributed by atoms with E-state index in [0.717, 1.165) is 5.56 Å². The Kier molecular flexibility index (Phi) is 8.89. The fraction of sp³-hybridized carbons (Fsp3) is 0.219. The highest BCUT2D eigenvalue weighted by Gasteiger charge is 2.33. The quantitative estimate of drug-likeness (QED) is 0.233. The lowest BCUT2D eigenvalue weighted by Gasteiger charge is -2.24.